The molecule has 0 amide bonds. The number of halogens is 2. The molecule has 1 aromatic heterocycles. The van der Waals surface area contributed by atoms with Crippen LogP contribution in [0.5, 0.6) is 0 Å². The first kappa shape index (κ1) is 14.1. The van der Waals surface area contributed by atoms with Crippen LogP contribution >= 0.6 is 38.9 Å². The SMILES string of the molecule is OCC(Cc1ccc(Br)s1)Cc1ccccc1Cl. The molecular weight excluding hydrogens is 332 g/mol. The Balaban J connectivity index is 2.04. The number of hydrogen-bond acceptors (Lipinski definition) is 2. The van der Waals surface area contributed by atoms with Crippen LogP contribution in [-0.4, -0.2) is 11.7 Å². The highest BCUT2D eigenvalue weighted by atomic mass is 79.9. The van der Waals surface area contributed by atoms with Gasteiger partial charge in [0.15, 0.2) is 0 Å². The molecule has 4 heteroatoms. The van der Waals surface area contributed by atoms with Gasteiger partial charge in [-0.05, 0) is 58.5 Å². The molecule has 0 bridgehead atoms. The Hall–Kier alpha value is -0.350. The number of hydrogen-bond donors (Lipinski definition) is 1. The van der Waals surface area contributed by atoms with Crippen molar-refractivity contribution >= 4 is 38.9 Å². The highest BCUT2D eigenvalue weighted by Crippen LogP contribution is 2.26. The number of aliphatic hydroxyl groups excluding tert-OH is 1. The van der Waals surface area contributed by atoms with E-state index in [0.29, 0.717) is 0 Å². The van der Waals surface area contributed by atoms with Crippen molar-refractivity contribution in [1.29, 1.82) is 0 Å². The van der Waals surface area contributed by atoms with Crippen molar-refractivity contribution in [2.24, 2.45) is 5.92 Å². The van der Waals surface area contributed by atoms with Crippen LogP contribution in [0.2, 0.25) is 5.02 Å². The normalized spacial score (nSPS) is 12.6. The fourth-order valence-electron chi connectivity index (χ4n) is 1.92. The molecule has 18 heavy (non-hydrogen) atoms. The minimum Gasteiger partial charge on any atom is -0.396 e. The van der Waals surface area contributed by atoms with Crippen molar-refractivity contribution in [2.75, 3.05) is 6.61 Å². The van der Waals surface area contributed by atoms with E-state index in [9.17, 15) is 5.11 Å². The van der Waals surface area contributed by atoms with Crippen LogP contribution in [0.3, 0.4) is 0 Å². The molecular formula is C14H14BrClOS. The highest BCUT2D eigenvalue weighted by molar-refractivity contribution is 9.11. The van der Waals surface area contributed by atoms with Crippen molar-refractivity contribution in [3.8, 4) is 0 Å². The fraction of sp³-hybridized carbons (Fsp3) is 0.286. The molecule has 2 rings (SSSR count). The molecule has 0 saturated carbocycles. The topological polar surface area (TPSA) is 20.2 Å². The van der Waals surface area contributed by atoms with E-state index < -0.39 is 0 Å². The van der Waals surface area contributed by atoms with Crippen molar-refractivity contribution in [2.45, 2.75) is 12.8 Å². The van der Waals surface area contributed by atoms with Crippen LogP contribution in [0.15, 0.2) is 40.2 Å². The molecule has 1 N–H and O–H groups in total. The second kappa shape index (κ2) is 6.71. The molecule has 1 heterocycles. The summed E-state index contributed by atoms with van der Waals surface area (Å²) in [5.41, 5.74) is 1.11. The Morgan fingerprint density at radius 1 is 1.17 bits per heavy atom. The van der Waals surface area contributed by atoms with E-state index in [1.54, 1.807) is 11.3 Å². The molecule has 1 aromatic carbocycles. The lowest BCUT2D eigenvalue weighted by molar-refractivity contribution is 0.225. The summed E-state index contributed by atoms with van der Waals surface area (Å²) in [6.45, 7) is 0.181. The number of rotatable bonds is 5. The van der Waals surface area contributed by atoms with Gasteiger partial charge in [0.25, 0.3) is 0 Å². The van der Waals surface area contributed by atoms with Gasteiger partial charge in [0.1, 0.15) is 0 Å². The van der Waals surface area contributed by atoms with Crippen LogP contribution < -0.4 is 0 Å². The first-order valence-corrected chi connectivity index (χ1v) is 7.76. The van der Waals surface area contributed by atoms with Crippen LogP contribution in [-0.2, 0) is 12.8 Å². The summed E-state index contributed by atoms with van der Waals surface area (Å²) in [4.78, 5) is 1.29. The molecule has 2 aromatic rings. The van der Waals surface area contributed by atoms with Crippen molar-refractivity contribution in [3.63, 3.8) is 0 Å². The zero-order valence-corrected chi connectivity index (χ0v) is 12.9. The quantitative estimate of drug-likeness (QED) is 0.842. The number of aliphatic hydroxyl groups is 1. The van der Waals surface area contributed by atoms with Crippen LogP contribution in [0, 0.1) is 5.92 Å². The maximum absolute atomic E-state index is 9.50. The van der Waals surface area contributed by atoms with E-state index >= 15 is 0 Å². The molecule has 0 radical (unpaired) electrons. The molecule has 1 nitrogen and oxygen atoms in total. The molecule has 0 aliphatic rings. The Morgan fingerprint density at radius 3 is 2.56 bits per heavy atom. The summed E-state index contributed by atoms with van der Waals surface area (Å²) >= 11 is 11.3. The first-order chi connectivity index (χ1) is 8.69. The third-order valence-corrected chi connectivity index (χ3v) is 4.86. The minimum absolute atomic E-state index is 0.181. The Kier molecular flexibility index (Phi) is 5.25. The third kappa shape index (κ3) is 3.82. The molecule has 96 valence electrons. The molecule has 0 aliphatic carbocycles. The monoisotopic (exact) mass is 344 g/mol. The first-order valence-electron chi connectivity index (χ1n) is 5.77. The van der Waals surface area contributed by atoms with E-state index in [0.717, 1.165) is 27.2 Å². The molecule has 1 unspecified atom stereocenters. The summed E-state index contributed by atoms with van der Waals surface area (Å²) in [5, 5.41) is 10.3. The van der Waals surface area contributed by atoms with E-state index in [4.69, 9.17) is 11.6 Å². The standard InChI is InChI=1S/C14H14BrClOS/c15-14-6-5-12(18-14)8-10(9-17)7-11-3-1-2-4-13(11)16/h1-6,10,17H,7-9H2. The van der Waals surface area contributed by atoms with E-state index in [2.05, 4.69) is 22.0 Å². The lowest BCUT2D eigenvalue weighted by Gasteiger charge is -2.14. The number of benzene rings is 1. The summed E-state index contributed by atoms with van der Waals surface area (Å²) < 4.78 is 1.13. The average Bonchev–Trinajstić information content (AvgIpc) is 2.76. The zero-order valence-electron chi connectivity index (χ0n) is 9.77. The lowest BCUT2D eigenvalue weighted by Crippen LogP contribution is -2.12. The predicted octanol–water partition coefficient (Wildman–Crippen LogP) is 4.56. The minimum atomic E-state index is 0.181. The van der Waals surface area contributed by atoms with Gasteiger partial charge in [-0.15, -0.1) is 11.3 Å². The van der Waals surface area contributed by atoms with E-state index in [1.807, 2.05) is 30.3 Å². The largest absolute Gasteiger partial charge is 0.396 e. The maximum Gasteiger partial charge on any atom is 0.0701 e. The Morgan fingerprint density at radius 2 is 1.94 bits per heavy atom. The van der Waals surface area contributed by atoms with Crippen LogP contribution in [0.25, 0.3) is 0 Å². The molecule has 0 fully saturated rings. The van der Waals surface area contributed by atoms with Gasteiger partial charge >= 0.3 is 0 Å². The van der Waals surface area contributed by atoms with Gasteiger partial charge in [0.05, 0.1) is 3.79 Å². The molecule has 1 atom stereocenters. The summed E-state index contributed by atoms with van der Waals surface area (Å²) in [5.74, 6) is 0.218. The summed E-state index contributed by atoms with van der Waals surface area (Å²) in [7, 11) is 0. The molecule has 0 saturated heterocycles. The second-order valence-electron chi connectivity index (χ2n) is 4.25. The van der Waals surface area contributed by atoms with Crippen molar-refractivity contribution in [1.82, 2.24) is 0 Å². The average molecular weight is 346 g/mol. The third-order valence-electron chi connectivity index (χ3n) is 2.84. The van der Waals surface area contributed by atoms with Gasteiger partial charge in [-0.3, -0.25) is 0 Å². The Labute approximate surface area is 125 Å². The van der Waals surface area contributed by atoms with Crippen LogP contribution in [0.4, 0.5) is 0 Å². The van der Waals surface area contributed by atoms with E-state index in [-0.39, 0.29) is 12.5 Å². The van der Waals surface area contributed by atoms with Gasteiger partial charge in [-0.1, -0.05) is 29.8 Å². The molecule has 0 spiro atoms. The van der Waals surface area contributed by atoms with Gasteiger partial charge < -0.3 is 5.11 Å². The van der Waals surface area contributed by atoms with Gasteiger partial charge in [-0.25, -0.2) is 0 Å². The Bertz CT molecular complexity index is 512. The van der Waals surface area contributed by atoms with Gasteiger partial charge in [-0.2, -0.15) is 0 Å². The van der Waals surface area contributed by atoms with E-state index in [1.165, 1.54) is 4.88 Å². The zero-order chi connectivity index (χ0) is 13.0. The summed E-state index contributed by atoms with van der Waals surface area (Å²) in [6, 6.07) is 12.0. The van der Waals surface area contributed by atoms with Gasteiger partial charge in [0, 0.05) is 16.5 Å². The highest BCUT2D eigenvalue weighted by Gasteiger charge is 2.12. The second-order valence-corrected chi connectivity index (χ2v) is 7.21. The van der Waals surface area contributed by atoms with Crippen molar-refractivity contribution < 1.29 is 5.11 Å². The van der Waals surface area contributed by atoms with Crippen molar-refractivity contribution in [3.05, 3.63) is 55.6 Å². The van der Waals surface area contributed by atoms with Gasteiger partial charge in [0.2, 0.25) is 0 Å². The maximum atomic E-state index is 9.50. The summed E-state index contributed by atoms with van der Waals surface area (Å²) in [6.07, 6.45) is 1.70. The molecule has 0 aliphatic heterocycles. The fourth-order valence-corrected chi connectivity index (χ4v) is 3.73. The predicted molar refractivity (Wildman–Crippen MR) is 81.5 cm³/mol. The smallest absolute Gasteiger partial charge is 0.0701 e. The van der Waals surface area contributed by atoms with Crippen LogP contribution in [0.1, 0.15) is 10.4 Å². The number of thiophene rings is 1. The lowest BCUT2D eigenvalue weighted by atomic mass is 9.96.